The van der Waals surface area contributed by atoms with Gasteiger partial charge in [0.1, 0.15) is 0 Å². The van der Waals surface area contributed by atoms with Crippen molar-refractivity contribution in [3.05, 3.63) is 54.2 Å². The lowest BCUT2D eigenvalue weighted by Gasteiger charge is -2.21. The van der Waals surface area contributed by atoms with Crippen molar-refractivity contribution in [3.8, 4) is 11.3 Å². The zero-order chi connectivity index (χ0) is 12.9. The highest BCUT2D eigenvalue weighted by molar-refractivity contribution is 5.58. The Balaban J connectivity index is 1.68. The molecule has 1 nitrogen and oxygen atoms in total. The molecule has 0 amide bonds. The average molecular weight is 251 g/mol. The molecule has 1 aromatic carbocycles. The summed E-state index contributed by atoms with van der Waals surface area (Å²) < 4.78 is 0. The molecule has 1 aliphatic carbocycles. The van der Waals surface area contributed by atoms with Crippen LogP contribution in [0.5, 0.6) is 0 Å². The van der Waals surface area contributed by atoms with Crippen molar-refractivity contribution < 1.29 is 0 Å². The Bertz CT molecular complexity index is 495. The minimum Gasteiger partial charge on any atom is -0.256 e. The molecule has 0 bridgehead atoms. The smallest absolute Gasteiger partial charge is 0.0702 e. The Labute approximate surface area is 115 Å². The third kappa shape index (κ3) is 3.23. The molecule has 1 saturated carbocycles. The molecule has 0 N–H and O–H groups in total. The molecular weight excluding hydrogens is 230 g/mol. The van der Waals surface area contributed by atoms with Gasteiger partial charge in [0.25, 0.3) is 0 Å². The quantitative estimate of drug-likeness (QED) is 0.758. The van der Waals surface area contributed by atoms with Gasteiger partial charge in [0.2, 0.25) is 0 Å². The Morgan fingerprint density at radius 1 is 0.895 bits per heavy atom. The van der Waals surface area contributed by atoms with Gasteiger partial charge in [-0.2, -0.15) is 0 Å². The largest absolute Gasteiger partial charge is 0.256 e. The third-order valence-corrected chi connectivity index (χ3v) is 4.14. The maximum atomic E-state index is 4.61. The van der Waals surface area contributed by atoms with Crippen LogP contribution in [-0.2, 0) is 6.42 Å². The maximum Gasteiger partial charge on any atom is 0.0702 e. The van der Waals surface area contributed by atoms with Crippen molar-refractivity contribution in [2.75, 3.05) is 0 Å². The predicted octanol–water partition coefficient (Wildman–Crippen LogP) is 4.87. The van der Waals surface area contributed by atoms with E-state index in [1.165, 1.54) is 49.7 Å². The molecule has 1 heteroatoms. The molecule has 1 aliphatic rings. The second kappa shape index (κ2) is 6.01. The number of benzene rings is 1. The monoisotopic (exact) mass is 251 g/mol. The highest BCUT2D eigenvalue weighted by Gasteiger charge is 2.13. The minimum absolute atomic E-state index is 0.887. The molecular formula is C18H21N. The number of hydrogen-bond acceptors (Lipinski definition) is 1. The summed E-state index contributed by atoms with van der Waals surface area (Å²) in [5.41, 5.74) is 3.67. The lowest BCUT2D eigenvalue weighted by molar-refractivity contribution is 0.356. The molecule has 0 unspecified atom stereocenters. The van der Waals surface area contributed by atoms with Crippen LogP contribution in [0.3, 0.4) is 0 Å². The van der Waals surface area contributed by atoms with E-state index in [2.05, 4.69) is 47.6 Å². The van der Waals surface area contributed by atoms with Gasteiger partial charge < -0.3 is 0 Å². The van der Waals surface area contributed by atoms with Crippen LogP contribution in [0.15, 0.2) is 48.7 Å². The summed E-state index contributed by atoms with van der Waals surface area (Å²) in [7, 11) is 0. The number of nitrogens with zero attached hydrogens (tertiary/aromatic N) is 1. The maximum absolute atomic E-state index is 4.61. The Hall–Kier alpha value is -1.63. The lowest BCUT2D eigenvalue weighted by Crippen LogP contribution is -2.09. The van der Waals surface area contributed by atoms with Crippen molar-refractivity contribution in [2.24, 2.45) is 5.92 Å². The van der Waals surface area contributed by atoms with E-state index >= 15 is 0 Å². The van der Waals surface area contributed by atoms with Crippen molar-refractivity contribution >= 4 is 0 Å². The van der Waals surface area contributed by atoms with Crippen LogP contribution in [0.1, 0.15) is 37.7 Å². The van der Waals surface area contributed by atoms with Crippen LogP contribution in [0.25, 0.3) is 11.3 Å². The highest BCUT2D eigenvalue weighted by atomic mass is 14.7. The number of hydrogen-bond donors (Lipinski definition) is 0. The van der Waals surface area contributed by atoms with Gasteiger partial charge in [-0.05, 0) is 24.0 Å². The fraction of sp³-hybridized carbons (Fsp3) is 0.389. The Kier molecular flexibility index (Phi) is 3.92. The first-order chi connectivity index (χ1) is 9.42. The summed E-state index contributed by atoms with van der Waals surface area (Å²) in [6.45, 7) is 0. The van der Waals surface area contributed by atoms with E-state index in [0.717, 1.165) is 11.6 Å². The normalized spacial score (nSPS) is 16.4. The van der Waals surface area contributed by atoms with Gasteiger partial charge in [0.05, 0.1) is 5.69 Å². The zero-order valence-corrected chi connectivity index (χ0v) is 11.4. The van der Waals surface area contributed by atoms with E-state index in [9.17, 15) is 0 Å². The van der Waals surface area contributed by atoms with Crippen LogP contribution < -0.4 is 0 Å². The average Bonchev–Trinajstić information content (AvgIpc) is 2.50. The summed E-state index contributed by atoms with van der Waals surface area (Å²) in [4.78, 5) is 4.61. The highest BCUT2D eigenvalue weighted by Crippen LogP contribution is 2.27. The van der Waals surface area contributed by atoms with E-state index in [1.54, 1.807) is 0 Å². The molecule has 0 atom stereocenters. The van der Waals surface area contributed by atoms with Gasteiger partial charge >= 0.3 is 0 Å². The predicted molar refractivity (Wildman–Crippen MR) is 80.0 cm³/mol. The van der Waals surface area contributed by atoms with E-state index in [0.29, 0.717) is 0 Å². The fourth-order valence-corrected chi connectivity index (χ4v) is 3.05. The van der Waals surface area contributed by atoms with Gasteiger partial charge in [-0.3, -0.25) is 4.98 Å². The molecule has 19 heavy (non-hydrogen) atoms. The van der Waals surface area contributed by atoms with Gasteiger partial charge in [0, 0.05) is 11.8 Å². The third-order valence-electron chi connectivity index (χ3n) is 4.14. The topological polar surface area (TPSA) is 12.9 Å². The van der Waals surface area contributed by atoms with E-state index in [1.807, 2.05) is 6.07 Å². The van der Waals surface area contributed by atoms with Crippen molar-refractivity contribution in [1.29, 1.82) is 0 Å². The second-order valence-corrected chi connectivity index (χ2v) is 5.63. The molecule has 98 valence electrons. The Morgan fingerprint density at radius 2 is 1.68 bits per heavy atom. The molecule has 0 aliphatic heterocycles. The van der Waals surface area contributed by atoms with Crippen LogP contribution in [0.2, 0.25) is 0 Å². The van der Waals surface area contributed by atoms with E-state index < -0.39 is 0 Å². The first-order valence-corrected chi connectivity index (χ1v) is 7.42. The van der Waals surface area contributed by atoms with Crippen LogP contribution in [0, 0.1) is 5.92 Å². The van der Waals surface area contributed by atoms with Crippen LogP contribution in [-0.4, -0.2) is 4.98 Å². The number of rotatable bonds is 3. The number of aromatic nitrogens is 1. The minimum atomic E-state index is 0.887. The molecule has 1 heterocycles. The van der Waals surface area contributed by atoms with Crippen LogP contribution in [0.4, 0.5) is 0 Å². The second-order valence-electron chi connectivity index (χ2n) is 5.63. The first-order valence-electron chi connectivity index (χ1n) is 7.42. The summed E-state index contributed by atoms with van der Waals surface area (Å²) in [6, 6.07) is 14.8. The molecule has 1 fully saturated rings. The molecule has 0 radical (unpaired) electrons. The standard InChI is InChI=1S/C18H21N/c1-3-7-15(8-4-1)13-16-11-12-18(19-14-16)17-9-5-2-6-10-17/h2,5-6,9-12,14-15H,1,3-4,7-8,13H2. The van der Waals surface area contributed by atoms with Crippen LogP contribution >= 0.6 is 0 Å². The van der Waals surface area contributed by atoms with Gasteiger partial charge in [0.15, 0.2) is 0 Å². The molecule has 3 rings (SSSR count). The fourth-order valence-electron chi connectivity index (χ4n) is 3.05. The molecule has 1 aromatic heterocycles. The zero-order valence-electron chi connectivity index (χ0n) is 11.4. The molecule has 0 spiro atoms. The molecule has 0 saturated heterocycles. The SMILES string of the molecule is c1ccc(-c2ccc(CC3CCCCC3)cn2)cc1. The summed E-state index contributed by atoms with van der Waals surface area (Å²) in [5, 5.41) is 0. The lowest BCUT2D eigenvalue weighted by atomic mass is 9.85. The van der Waals surface area contributed by atoms with Gasteiger partial charge in [-0.25, -0.2) is 0 Å². The van der Waals surface area contributed by atoms with Gasteiger partial charge in [-0.15, -0.1) is 0 Å². The van der Waals surface area contributed by atoms with E-state index in [4.69, 9.17) is 0 Å². The first kappa shape index (κ1) is 12.4. The summed E-state index contributed by atoms with van der Waals surface area (Å²) in [5.74, 6) is 0.887. The molecule has 2 aromatic rings. The summed E-state index contributed by atoms with van der Waals surface area (Å²) >= 11 is 0. The van der Waals surface area contributed by atoms with Gasteiger partial charge in [-0.1, -0.05) is 68.5 Å². The Morgan fingerprint density at radius 3 is 2.37 bits per heavy atom. The van der Waals surface area contributed by atoms with Crippen molar-refractivity contribution in [3.63, 3.8) is 0 Å². The van der Waals surface area contributed by atoms with E-state index in [-0.39, 0.29) is 0 Å². The summed E-state index contributed by atoms with van der Waals surface area (Å²) in [6.07, 6.45) is 10.3. The van der Waals surface area contributed by atoms with Crippen molar-refractivity contribution in [1.82, 2.24) is 4.98 Å². The number of pyridine rings is 1. The van der Waals surface area contributed by atoms with Crippen molar-refractivity contribution in [2.45, 2.75) is 38.5 Å².